The summed E-state index contributed by atoms with van der Waals surface area (Å²) in [6.45, 7) is 3.45. The molecule has 1 aromatic carbocycles. The fraction of sp³-hybridized carbons (Fsp3) is 0.600. The van der Waals surface area contributed by atoms with Gasteiger partial charge in [0.2, 0.25) is 11.8 Å². The van der Waals surface area contributed by atoms with Gasteiger partial charge in [-0.15, -0.1) is 0 Å². The lowest BCUT2D eigenvalue weighted by molar-refractivity contribution is -0.138. The van der Waals surface area contributed by atoms with E-state index in [1.54, 1.807) is 0 Å². The highest BCUT2D eigenvalue weighted by atomic mass is 16.2. The maximum atomic E-state index is 12.8. The van der Waals surface area contributed by atoms with E-state index < -0.39 is 0 Å². The van der Waals surface area contributed by atoms with Crippen LogP contribution in [0, 0.1) is 11.8 Å². The van der Waals surface area contributed by atoms with Gasteiger partial charge in [0.25, 0.3) is 0 Å². The van der Waals surface area contributed by atoms with Crippen LogP contribution in [0.1, 0.15) is 51.0 Å². The van der Waals surface area contributed by atoms with Crippen LogP contribution in [-0.2, 0) is 16.1 Å². The van der Waals surface area contributed by atoms with Crippen molar-refractivity contribution in [3.63, 3.8) is 0 Å². The van der Waals surface area contributed by atoms with E-state index in [1.165, 1.54) is 5.56 Å². The maximum Gasteiger partial charge on any atom is 0.225 e. The average molecular weight is 328 g/mol. The molecule has 0 aliphatic heterocycles. The molecule has 1 N–H and O–H groups in total. The molecule has 1 aromatic rings. The van der Waals surface area contributed by atoms with Gasteiger partial charge >= 0.3 is 0 Å². The van der Waals surface area contributed by atoms with E-state index in [0.717, 1.165) is 45.1 Å². The Morgan fingerprint density at radius 3 is 2.21 bits per heavy atom. The monoisotopic (exact) mass is 328 g/mol. The van der Waals surface area contributed by atoms with Gasteiger partial charge in [0.05, 0.1) is 0 Å². The van der Waals surface area contributed by atoms with Gasteiger partial charge in [-0.1, -0.05) is 30.3 Å². The third-order valence-electron chi connectivity index (χ3n) is 5.28. The number of nitrogens with zero attached hydrogens (tertiary/aromatic N) is 1. The zero-order valence-electron chi connectivity index (χ0n) is 14.5. The Hall–Kier alpha value is -1.84. The zero-order valence-corrected chi connectivity index (χ0v) is 14.5. The Labute approximate surface area is 144 Å². The van der Waals surface area contributed by atoms with Crippen LogP contribution < -0.4 is 5.32 Å². The lowest BCUT2D eigenvalue weighted by atomic mass is 9.81. The molecule has 2 aliphatic carbocycles. The van der Waals surface area contributed by atoms with Crippen LogP contribution in [0.3, 0.4) is 0 Å². The summed E-state index contributed by atoms with van der Waals surface area (Å²) < 4.78 is 0. The van der Waals surface area contributed by atoms with Crippen LogP contribution in [0.5, 0.6) is 0 Å². The average Bonchev–Trinajstić information content (AvgIpc) is 3.44. The van der Waals surface area contributed by atoms with Crippen molar-refractivity contribution in [1.29, 1.82) is 0 Å². The van der Waals surface area contributed by atoms with Gasteiger partial charge in [0.1, 0.15) is 0 Å². The van der Waals surface area contributed by atoms with E-state index >= 15 is 0 Å². The first-order valence-corrected chi connectivity index (χ1v) is 9.30. The van der Waals surface area contributed by atoms with Crippen molar-refractivity contribution in [3.8, 4) is 0 Å². The maximum absolute atomic E-state index is 12.8. The summed E-state index contributed by atoms with van der Waals surface area (Å²) in [5.74, 6) is 0.653. The molecule has 0 radical (unpaired) electrons. The van der Waals surface area contributed by atoms with Crippen molar-refractivity contribution in [2.75, 3.05) is 6.54 Å². The third kappa shape index (κ3) is 4.37. The number of benzene rings is 1. The quantitative estimate of drug-likeness (QED) is 0.872. The fourth-order valence-corrected chi connectivity index (χ4v) is 3.56. The molecule has 0 aromatic heterocycles. The van der Waals surface area contributed by atoms with Gasteiger partial charge in [-0.3, -0.25) is 9.59 Å². The van der Waals surface area contributed by atoms with Crippen molar-refractivity contribution in [1.82, 2.24) is 10.2 Å². The molecule has 24 heavy (non-hydrogen) atoms. The third-order valence-corrected chi connectivity index (χ3v) is 5.28. The van der Waals surface area contributed by atoms with Crippen LogP contribution in [-0.4, -0.2) is 29.3 Å². The molecule has 4 nitrogen and oxygen atoms in total. The van der Waals surface area contributed by atoms with Gasteiger partial charge in [-0.05, 0) is 51.0 Å². The van der Waals surface area contributed by atoms with E-state index in [1.807, 2.05) is 30.0 Å². The SMILES string of the molecule is CCN(Cc1ccccc1)C(=O)C1CCC(C(=O)NC2CC2)CC1. The molecule has 0 atom stereocenters. The minimum atomic E-state index is 0.0821. The van der Waals surface area contributed by atoms with Crippen molar-refractivity contribution < 1.29 is 9.59 Å². The van der Waals surface area contributed by atoms with E-state index in [2.05, 4.69) is 17.4 Å². The molecule has 0 bridgehead atoms. The largest absolute Gasteiger partial charge is 0.353 e. The van der Waals surface area contributed by atoms with Gasteiger partial charge in [-0.25, -0.2) is 0 Å². The second-order valence-electron chi connectivity index (χ2n) is 7.17. The molecule has 2 fully saturated rings. The van der Waals surface area contributed by atoms with Crippen LogP contribution in [0.4, 0.5) is 0 Å². The molecule has 0 heterocycles. The number of hydrogen-bond donors (Lipinski definition) is 1. The molecule has 2 aliphatic rings. The fourth-order valence-electron chi connectivity index (χ4n) is 3.56. The summed E-state index contributed by atoms with van der Waals surface area (Å²) in [5.41, 5.74) is 1.17. The Morgan fingerprint density at radius 2 is 1.62 bits per heavy atom. The summed E-state index contributed by atoms with van der Waals surface area (Å²) in [5, 5.41) is 3.10. The Bertz CT molecular complexity index is 560. The summed E-state index contributed by atoms with van der Waals surface area (Å²) in [4.78, 5) is 26.9. The van der Waals surface area contributed by atoms with Crippen LogP contribution >= 0.6 is 0 Å². The van der Waals surface area contributed by atoms with E-state index in [4.69, 9.17) is 0 Å². The number of carbonyl (C=O) groups excluding carboxylic acids is 2. The van der Waals surface area contributed by atoms with Crippen molar-refractivity contribution >= 4 is 11.8 Å². The highest BCUT2D eigenvalue weighted by Crippen LogP contribution is 2.31. The minimum Gasteiger partial charge on any atom is -0.353 e. The molecule has 0 unspecified atom stereocenters. The summed E-state index contributed by atoms with van der Waals surface area (Å²) in [6.07, 6.45) is 5.63. The smallest absolute Gasteiger partial charge is 0.225 e. The second-order valence-corrected chi connectivity index (χ2v) is 7.17. The molecule has 4 heteroatoms. The lowest BCUT2D eigenvalue weighted by Crippen LogP contribution is -2.40. The number of rotatable bonds is 6. The molecular weight excluding hydrogens is 300 g/mol. The Kier molecular flexibility index (Phi) is 5.54. The predicted octanol–water partition coefficient (Wildman–Crippen LogP) is 3.12. The van der Waals surface area contributed by atoms with Gasteiger partial charge in [0.15, 0.2) is 0 Å². The molecule has 2 saturated carbocycles. The van der Waals surface area contributed by atoms with Crippen molar-refractivity contribution in [2.45, 2.75) is 58.0 Å². The normalized spacial score (nSPS) is 23.5. The van der Waals surface area contributed by atoms with Crippen LogP contribution in [0.15, 0.2) is 30.3 Å². The second kappa shape index (κ2) is 7.82. The Morgan fingerprint density at radius 1 is 1.00 bits per heavy atom. The number of amides is 2. The van der Waals surface area contributed by atoms with Gasteiger partial charge in [0, 0.05) is 31.0 Å². The summed E-state index contributed by atoms with van der Waals surface area (Å²) >= 11 is 0. The van der Waals surface area contributed by atoms with Crippen molar-refractivity contribution in [3.05, 3.63) is 35.9 Å². The van der Waals surface area contributed by atoms with E-state index in [0.29, 0.717) is 12.6 Å². The van der Waals surface area contributed by atoms with E-state index in [-0.39, 0.29) is 23.7 Å². The van der Waals surface area contributed by atoms with Gasteiger partial charge < -0.3 is 10.2 Å². The topological polar surface area (TPSA) is 49.4 Å². The van der Waals surface area contributed by atoms with Crippen LogP contribution in [0.25, 0.3) is 0 Å². The molecule has 0 spiro atoms. The molecule has 130 valence electrons. The number of hydrogen-bond acceptors (Lipinski definition) is 2. The summed E-state index contributed by atoms with van der Waals surface area (Å²) in [7, 11) is 0. The lowest BCUT2D eigenvalue weighted by Gasteiger charge is -2.31. The molecule has 3 rings (SSSR count). The first-order chi connectivity index (χ1) is 11.7. The van der Waals surface area contributed by atoms with Gasteiger partial charge in [-0.2, -0.15) is 0 Å². The Balaban J connectivity index is 1.50. The first-order valence-electron chi connectivity index (χ1n) is 9.30. The predicted molar refractivity (Wildman–Crippen MR) is 94.1 cm³/mol. The highest BCUT2D eigenvalue weighted by Gasteiger charge is 2.33. The van der Waals surface area contributed by atoms with E-state index in [9.17, 15) is 9.59 Å². The number of nitrogens with one attached hydrogen (secondary N) is 1. The van der Waals surface area contributed by atoms with Crippen LogP contribution in [0.2, 0.25) is 0 Å². The first kappa shape index (κ1) is 17.0. The molecule has 2 amide bonds. The highest BCUT2D eigenvalue weighted by molar-refractivity contribution is 5.81. The number of carbonyl (C=O) groups is 2. The van der Waals surface area contributed by atoms with Crippen molar-refractivity contribution in [2.24, 2.45) is 11.8 Å². The molecular formula is C20H28N2O2. The minimum absolute atomic E-state index is 0.0821. The zero-order chi connectivity index (χ0) is 16.9. The summed E-state index contributed by atoms with van der Waals surface area (Å²) in [6, 6.07) is 10.6. The molecule has 0 saturated heterocycles. The standard InChI is InChI=1S/C20H28N2O2/c1-2-22(14-15-6-4-3-5-7-15)20(24)17-10-8-16(9-11-17)19(23)21-18-12-13-18/h3-7,16-18H,2,8-14H2,1H3,(H,21,23).